The van der Waals surface area contributed by atoms with Crippen molar-refractivity contribution in [3.05, 3.63) is 0 Å². The molecule has 0 aliphatic heterocycles. The molecule has 0 heterocycles. The van der Waals surface area contributed by atoms with Gasteiger partial charge in [0.05, 0.1) is 7.11 Å². The van der Waals surface area contributed by atoms with Crippen molar-refractivity contribution < 1.29 is 14.3 Å². The van der Waals surface area contributed by atoms with Crippen LogP contribution in [0.15, 0.2) is 0 Å². The summed E-state index contributed by atoms with van der Waals surface area (Å²) in [5.41, 5.74) is 0. The van der Waals surface area contributed by atoms with Crippen molar-refractivity contribution >= 4 is 11.9 Å². The number of carbonyl (C=O) groups excluding carboxylic acids is 2. The topological polar surface area (TPSA) is 55.4 Å². The van der Waals surface area contributed by atoms with Crippen LogP contribution in [0.25, 0.3) is 0 Å². The van der Waals surface area contributed by atoms with Crippen LogP contribution in [0, 0.1) is 5.92 Å². The van der Waals surface area contributed by atoms with Crippen molar-refractivity contribution in [2.45, 2.75) is 26.8 Å². The molecule has 0 aliphatic rings. The first-order valence-electron chi connectivity index (χ1n) is 3.87. The van der Waals surface area contributed by atoms with Crippen molar-refractivity contribution in [3.63, 3.8) is 0 Å². The molecule has 0 aromatic carbocycles. The summed E-state index contributed by atoms with van der Waals surface area (Å²) in [6.07, 6.45) is 0. The smallest absolute Gasteiger partial charge is 0.328 e. The summed E-state index contributed by atoms with van der Waals surface area (Å²) in [6.45, 7) is 5.12. The lowest BCUT2D eigenvalue weighted by Crippen LogP contribution is -2.41. The molecule has 1 N–H and O–H groups in total. The Kier molecular flexibility index (Phi) is 4.33. The number of rotatable bonds is 3. The average Bonchev–Trinajstić information content (AvgIpc) is 2.02. The van der Waals surface area contributed by atoms with Gasteiger partial charge in [-0.15, -0.1) is 0 Å². The standard InChI is InChI=1S/C8H15NO3/c1-5(2)7(10)9-6(3)8(11)12-4/h5-6H,1-4H3,(H,9,10)/t6-/m1/s1. The maximum Gasteiger partial charge on any atom is 0.328 e. The molecule has 12 heavy (non-hydrogen) atoms. The largest absolute Gasteiger partial charge is 0.467 e. The number of hydrogen-bond acceptors (Lipinski definition) is 3. The van der Waals surface area contributed by atoms with Crippen molar-refractivity contribution in [1.82, 2.24) is 5.32 Å². The Morgan fingerprint density at radius 2 is 1.75 bits per heavy atom. The maximum absolute atomic E-state index is 11.1. The molecule has 0 aromatic rings. The van der Waals surface area contributed by atoms with Gasteiger partial charge in [-0.25, -0.2) is 4.79 Å². The highest BCUT2D eigenvalue weighted by Crippen LogP contribution is 1.93. The van der Waals surface area contributed by atoms with E-state index >= 15 is 0 Å². The van der Waals surface area contributed by atoms with Gasteiger partial charge in [-0.05, 0) is 6.92 Å². The van der Waals surface area contributed by atoms with Gasteiger partial charge in [-0.3, -0.25) is 4.79 Å². The molecule has 0 aliphatic carbocycles. The van der Waals surface area contributed by atoms with E-state index in [9.17, 15) is 9.59 Å². The minimum absolute atomic E-state index is 0.114. The SMILES string of the molecule is COC(=O)[C@@H](C)NC(=O)C(C)C. The zero-order chi connectivity index (χ0) is 9.72. The Hall–Kier alpha value is -1.06. The highest BCUT2D eigenvalue weighted by atomic mass is 16.5. The molecule has 1 atom stereocenters. The van der Waals surface area contributed by atoms with E-state index in [1.165, 1.54) is 7.11 Å². The number of hydrogen-bond donors (Lipinski definition) is 1. The molecular formula is C8H15NO3. The fraction of sp³-hybridized carbons (Fsp3) is 0.750. The zero-order valence-electron chi connectivity index (χ0n) is 7.88. The van der Waals surface area contributed by atoms with E-state index in [0.717, 1.165) is 0 Å². The van der Waals surface area contributed by atoms with Crippen LogP contribution in [0.2, 0.25) is 0 Å². The Balaban J connectivity index is 3.92. The van der Waals surface area contributed by atoms with Gasteiger partial charge in [0, 0.05) is 5.92 Å². The van der Waals surface area contributed by atoms with Crippen LogP contribution in [0.3, 0.4) is 0 Å². The molecule has 0 fully saturated rings. The fourth-order valence-electron chi connectivity index (χ4n) is 0.616. The third-order valence-electron chi connectivity index (χ3n) is 1.44. The van der Waals surface area contributed by atoms with E-state index < -0.39 is 12.0 Å². The van der Waals surface area contributed by atoms with Gasteiger partial charge < -0.3 is 10.1 Å². The molecule has 0 saturated heterocycles. The molecule has 1 amide bonds. The summed E-state index contributed by atoms with van der Waals surface area (Å²) in [6, 6.07) is -0.565. The van der Waals surface area contributed by atoms with Gasteiger partial charge in [0.2, 0.25) is 5.91 Å². The first-order valence-corrected chi connectivity index (χ1v) is 3.87. The zero-order valence-corrected chi connectivity index (χ0v) is 7.88. The minimum atomic E-state index is -0.565. The second-order valence-corrected chi connectivity index (χ2v) is 2.91. The van der Waals surface area contributed by atoms with Crippen LogP contribution >= 0.6 is 0 Å². The van der Waals surface area contributed by atoms with E-state index in [4.69, 9.17) is 0 Å². The summed E-state index contributed by atoms with van der Waals surface area (Å²) < 4.78 is 4.44. The van der Waals surface area contributed by atoms with Crippen LogP contribution < -0.4 is 5.32 Å². The quantitative estimate of drug-likeness (QED) is 0.625. The lowest BCUT2D eigenvalue weighted by molar-refractivity contribution is -0.144. The molecule has 0 aromatic heterocycles. The number of carbonyl (C=O) groups is 2. The summed E-state index contributed by atoms with van der Waals surface area (Å²) in [4.78, 5) is 21.9. The Morgan fingerprint density at radius 1 is 1.25 bits per heavy atom. The summed E-state index contributed by atoms with van der Waals surface area (Å²) in [5, 5.41) is 2.52. The molecule has 0 radical (unpaired) electrons. The van der Waals surface area contributed by atoms with E-state index in [0.29, 0.717) is 0 Å². The summed E-state index contributed by atoms with van der Waals surface area (Å²) in [5.74, 6) is -0.686. The second kappa shape index (κ2) is 4.74. The molecule has 0 bridgehead atoms. The predicted molar refractivity (Wildman–Crippen MR) is 44.5 cm³/mol. The molecule has 0 rings (SSSR count). The molecule has 0 unspecified atom stereocenters. The van der Waals surface area contributed by atoms with Crippen molar-refractivity contribution in [3.8, 4) is 0 Å². The number of methoxy groups -OCH3 is 1. The van der Waals surface area contributed by atoms with Crippen molar-refractivity contribution in [2.24, 2.45) is 5.92 Å². The molecule has 4 heteroatoms. The Morgan fingerprint density at radius 3 is 2.08 bits per heavy atom. The first kappa shape index (κ1) is 10.9. The van der Waals surface area contributed by atoms with E-state index in [1.54, 1.807) is 20.8 Å². The van der Waals surface area contributed by atoms with Gasteiger partial charge in [-0.2, -0.15) is 0 Å². The van der Waals surface area contributed by atoms with Crippen LogP contribution in [0.1, 0.15) is 20.8 Å². The third kappa shape index (κ3) is 3.37. The highest BCUT2D eigenvalue weighted by Gasteiger charge is 2.16. The summed E-state index contributed by atoms with van der Waals surface area (Å²) >= 11 is 0. The first-order chi connectivity index (χ1) is 5.49. The minimum Gasteiger partial charge on any atom is -0.467 e. The maximum atomic E-state index is 11.1. The van der Waals surface area contributed by atoms with Crippen molar-refractivity contribution in [2.75, 3.05) is 7.11 Å². The van der Waals surface area contributed by atoms with Crippen LogP contribution in [0.5, 0.6) is 0 Å². The van der Waals surface area contributed by atoms with Gasteiger partial charge in [0.15, 0.2) is 0 Å². The van der Waals surface area contributed by atoms with Gasteiger partial charge in [0.1, 0.15) is 6.04 Å². The lowest BCUT2D eigenvalue weighted by Gasteiger charge is -2.12. The van der Waals surface area contributed by atoms with E-state index in [1.807, 2.05) is 0 Å². The highest BCUT2D eigenvalue weighted by molar-refractivity contribution is 5.84. The fourth-order valence-corrected chi connectivity index (χ4v) is 0.616. The summed E-state index contributed by atoms with van der Waals surface area (Å²) in [7, 11) is 1.29. The van der Waals surface area contributed by atoms with E-state index in [2.05, 4.69) is 10.1 Å². The second-order valence-electron chi connectivity index (χ2n) is 2.91. The monoisotopic (exact) mass is 173 g/mol. The van der Waals surface area contributed by atoms with Crippen molar-refractivity contribution in [1.29, 1.82) is 0 Å². The number of amides is 1. The Labute approximate surface area is 72.3 Å². The average molecular weight is 173 g/mol. The third-order valence-corrected chi connectivity index (χ3v) is 1.44. The lowest BCUT2D eigenvalue weighted by atomic mass is 10.2. The number of esters is 1. The van der Waals surface area contributed by atoms with Crippen LogP contribution in [-0.4, -0.2) is 25.0 Å². The van der Waals surface area contributed by atoms with Gasteiger partial charge >= 0.3 is 5.97 Å². The number of ether oxygens (including phenoxy) is 1. The van der Waals surface area contributed by atoms with Gasteiger partial charge in [0.25, 0.3) is 0 Å². The predicted octanol–water partition coefficient (Wildman–Crippen LogP) is 0.320. The Bertz CT molecular complexity index is 177. The van der Waals surface area contributed by atoms with E-state index in [-0.39, 0.29) is 11.8 Å². The molecular weight excluding hydrogens is 158 g/mol. The molecule has 0 spiro atoms. The number of nitrogens with one attached hydrogen (secondary N) is 1. The van der Waals surface area contributed by atoms with Crippen LogP contribution in [-0.2, 0) is 14.3 Å². The van der Waals surface area contributed by atoms with Crippen LogP contribution in [0.4, 0.5) is 0 Å². The van der Waals surface area contributed by atoms with Gasteiger partial charge in [-0.1, -0.05) is 13.8 Å². The molecule has 0 saturated carbocycles. The molecule has 70 valence electrons. The molecule has 4 nitrogen and oxygen atoms in total. The normalized spacial score (nSPS) is 12.4.